The Balaban J connectivity index is 1.66. The SMILES string of the molecule is O=C1c2cc3ccccc3n2C(=O)N1S(=O)(=O)c1ccc2ccccc2c1. The summed E-state index contributed by atoms with van der Waals surface area (Å²) in [6.45, 7) is 0. The van der Waals surface area contributed by atoms with Crippen molar-refractivity contribution < 1.29 is 18.0 Å². The van der Waals surface area contributed by atoms with Gasteiger partial charge in [-0.1, -0.05) is 48.5 Å². The van der Waals surface area contributed by atoms with Gasteiger partial charge < -0.3 is 0 Å². The van der Waals surface area contributed by atoms with Gasteiger partial charge in [0.1, 0.15) is 5.69 Å². The number of benzene rings is 3. The largest absolute Gasteiger partial charge is 0.350 e. The zero-order chi connectivity index (χ0) is 18.8. The first kappa shape index (κ1) is 15.8. The van der Waals surface area contributed by atoms with Gasteiger partial charge in [0.25, 0.3) is 15.9 Å². The molecule has 0 radical (unpaired) electrons. The van der Waals surface area contributed by atoms with Crippen LogP contribution in [0, 0.1) is 0 Å². The van der Waals surface area contributed by atoms with Gasteiger partial charge in [0, 0.05) is 5.39 Å². The first-order valence-corrected chi connectivity index (χ1v) is 9.66. The van der Waals surface area contributed by atoms with E-state index in [0.717, 1.165) is 9.95 Å². The smallest absolute Gasteiger partial charge is 0.266 e. The van der Waals surface area contributed by atoms with Gasteiger partial charge in [0.05, 0.1) is 10.4 Å². The zero-order valence-electron chi connectivity index (χ0n) is 13.9. The summed E-state index contributed by atoms with van der Waals surface area (Å²) in [5, 5.41) is 2.28. The Kier molecular flexibility index (Phi) is 3.08. The summed E-state index contributed by atoms with van der Waals surface area (Å²) in [6, 6.07) is 19.4. The van der Waals surface area contributed by atoms with Crippen molar-refractivity contribution in [3.63, 3.8) is 0 Å². The highest BCUT2D eigenvalue weighted by Gasteiger charge is 2.45. The van der Waals surface area contributed by atoms with Crippen LogP contribution in [0.15, 0.2) is 77.7 Å². The third-order valence-corrected chi connectivity index (χ3v) is 6.39. The normalized spacial score (nSPS) is 14.3. The van der Waals surface area contributed by atoms with Gasteiger partial charge in [-0.05, 0) is 35.0 Å². The fourth-order valence-corrected chi connectivity index (χ4v) is 4.77. The molecular weight excluding hydrogens is 364 g/mol. The highest BCUT2D eigenvalue weighted by molar-refractivity contribution is 7.90. The molecule has 0 fully saturated rings. The van der Waals surface area contributed by atoms with E-state index >= 15 is 0 Å². The number of hydrogen-bond donors (Lipinski definition) is 0. The van der Waals surface area contributed by atoms with Crippen molar-refractivity contribution in [2.45, 2.75) is 4.90 Å². The van der Waals surface area contributed by atoms with Gasteiger partial charge in [-0.3, -0.25) is 9.36 Å². The maximum Gasteiger partial charge on any atom is 0.350 e. The van der Waals surface area contributed by atoms with Crippen LogP contribution in [0.25, 0.3) is 21.7 Å². The molecule has 3 aromatic carbocycles. The van der Waals surface area contributed by atoms with Crippen molar-refractivity contribution in [3.05, 3.63) is 78.5 Å². The Morgan fingerprint density at radius 1 is 0.704 bits per heavy atom. The van der Waals surface area contributed by atoms with Crippen molar-refractivity contribution in [1.29, 1.82) is 0 Å². The highest BCUT2D eigenvalue weighted by Crippen LogP contribution is 2.31. The summed E-state index contributed by atoms with van der Waals surface area (Å²) < 4.78 is 27.6. The Hall–Kier alpha value is -3.45. The zero-order valence-corrected chi connectivity index (χ0v) is 14.7. The number of hydrogen-bond acceptors (Lipinski definition) is 4. The first-order chi connectivity index (χ1) is 13.0. The summed E-state index contributed by atoms with van der Waals surface area (Å²) in [7, 11) is -4.32. The quantitative estimate of drug-likeness (QED) is 0.536. The number of carbonyl (C=O) groups is 2. The average molecular weight is 376 g/mol. The standard InChI is InChI=1S/C20H12N2O4S/c23-19-18-12-15-7-3-4-8-17(15)21(18)20(24)22(19)27(25,26)16-10-9-13-5-1-2-6-14(13)11-16/h1-12H. The summed E-state index contributed by atoms with van der Waals surface area (Å²) in [5.74, 6) is -0.843. The molecule has 0 N–H and O–H groups in total. The lowest BCUT2D eigenvalue weighted by molar-refractivity contribution is 0.0907. The number of aromatic nitrogens is 1. The molecule has 2 heterocycles. The molecule has 1 aromatic heterocycles. The predicted octanol–water partition coefficient (Wildman–Crippen LogP) is 3.61. The molecule has 6 nitrogen and oxygen atoms in total. The first-order valence-electron chi connectivity index (χ1n) is 8.22. The van der Waals surface area contributed by atoms with E-state index in [-0.39, 0.29) is 10.6 Å². The van der Waals surface area contributed by atoms with Gasteiger partial charge in [-0.15, -0.1) is 4.31 Å². The molecule has 132 valence electrons. The number of rotatable bonds is 2. The number of carbonyl (C=O) groups excluding carboxylic acids is 2. The predicted molar refractivity (Wildman–Crippen MR) is 100 cm³/mol. The molecule has 1 aliphatic heterocycles. The molecule has 5 rings (SSSR count). The van der Waals surface area contributed by atoms with E-state index in [1.165, 1.54) is 18.2 Å². The Morgan fingerprint density at radius 3 is 2.15 bits per heavy atom. The monoisotopic (exact) mass is 376 g/mol. The van der Waals surface area contributed by atoms with Crippen LogP contribution in [0.3, 0.4) is 0 Å². The topological polar surface area (TPSA) is 76.5 Å². The molecule has 0 saturated carbocycles. The third-order valence-electron chi connectivity index (χ3n) is 4.74. The second-order valence-corrected chi connectivity index (χ2v) is 8.08. The number of fused-ring (bicyclic) bond motifs is 4. The molecule has 4 aromatic rings. The van der Waals surface area contributed by atoms with Gasteiger partial charge in [-0.2, -0.15) is 0 Å². The van der Waals surface area contributed by atoms with Gasteiger partial charge in [-0.25, -0.2) is 13.2 Å². The van der Waals surface area contributed by atoms with Crippen LogP contribution in [0.4, 0.5) is 4.79 Å². The van der Waals surface area contributed by atoms with Crippen molar-refractivity contribution in [2.75, 3.05) is 0 Å². The van der Waals surface area contributed by atoms with Crippen LogP contribution in [0.1, 0.15) is 10.5 Å². The number of imide groups is 1. The maximum atomic E-state index is 13.1. The number of amides is 2. The van der Waals surface area contributed by atoms with E-state index in [1.807, 2.05) is 12.1 Å². The molecule has 0 saturated heterocycles. The Bertz CT molecular complexity index is 1390. The van der Waals surface area contributed by atoms with Crippen molar-refractivity contribution in [3.8, 4) is 0 Å². The van der Waals surface area contributed by atoms with E-state index in [2.05, 4.69) is 0 Å². The maximum absolute atomic E-state index is 13.1. The lowest BCUT2D eigenvalue weighted by atomic mass is 10.1. The Morgan fingerprint density at radius 2 is 1.37 bits per heavy atom. The van der Waals surface area contributed by atoms with Gasteiger partial charge in [0.15, 0.2) is 0 Å². The summed E-state index contributed by atoms with van der Waals surface area (Å²) in [4.78, 5) is 25.5. The van der Waals surface area contributed by atoms with Crippen molar-refractivity contribution in [2.24, 2.45) is 0 Å². The molecule has 7 heteroatoms. The summed E-state index contributed by atoms with van der Waals surface area (Å²) >= 11 is 0. The minimum atomic E-state index is -4.32. The van der Waals surface area contributed by atoms with E-state index in [9.17, 15) is 18.0 Å². The summed E-state index contributed by atoms with van der Waals surface area (Å²) in [5.41, 5.74) is 0.549. The molecule has 0 aliphatic carbocycles. The number of nitrogens with zero attached hydrogens (tertiary/aromatic N) is 2. The molecule has 1 aliphatic rings. The third kappa shape index (κ3) is 2.09. The van der Waals surface area contributed by atoms with Crippen LogP contribution >= 0.6 is 0 Å². The van der Waals surface area contributed by atoms with Gasteiger partial charge >= 0.3 is 6.03 Å². The van der Waals surface area contributed by atoms with E-state index in [1.54, 1.807) is 42.5 Å². The molecule has 0 spiro atoms. The molecule has 0 atom stereocenters. The molecular formula is C20H12N2O4S. The second-order valence-electron chi connectivity index (χ2n) is 6.29. The summed E-state index contributed by atoms with van der Waals surface area (Å²) in [6.07, 6.45) is 0. The van der Waals surface area contributed by atoms with Crippen molar-refractivity contribution >= 4 is 43.6 Å². The van der Waals surface area contributed by atoms with Gasteiger partial charge in [0.2, 0.25) is 0 Å². The van der Waals surface area contributed by atoms with Crippen LogP contribution < -0.4 is 0 Å². The fourth-order valence-electron chi connectivity index (χ4n) is 3.45. The van der Waals surface area contributed by atoms with Crippen LogP contribution in [0.5, 0.6) is 0 Å². The molecule has 0 bridgehead atoms. The number of para-hydroxylation sites is 1. The number of sulfonamides is 1. The lowest BCUT2D eigenvalue weighted by Gasteiger charge is -2.14. The van der Waals surface area contributed by atoms with E-state index < -0.39 is 22.0 Å². The van der Waals surface area contributed by atoms with E-state index in [4.69, 9.17) is 0 Å². The average Bonchev–Trinajstić information content (AvgIpc) is 3.17. The van der Waals surface area contributed by atoms with Crippen molar-refractivity contribution in [1.82, 2.24) is 8.87 Å². The van der Waals surface area contributed by atoms with Crippen LogP contribution in [0.2, 0.25) is 0 Å². The molecule has 27 heavy (non-hydrogen) atoms. The minimum absolute atomic E-state index is 0.0468. The minimum Gasteiger partial charge on any atom is -0.266 e. The second kappa shape index (κ2) is 5.28. The fraction of sp³-hybridized carbons (Fsp3) is 0. The lowest BCUT2D eigenvalue weighted by Crippen LogP contribution is -2.37. The van der Waals surface area contributed by atoms with Crippen LogP contribution in [-0.4, -0.2) is 29.2 Å². The van der Waals surface area contributed by atoms with Crippen LogP contribution in [-0.2, 0) is 10.0 Å². The molecule has 2 amide bonds. The van der Waals surface area contributed by atoms with E-state index in [0.29, 0.717) is 20.6 Å². The molecule has 0 unspecified atom stereocenters. The Labute approximate surface area is 154 Å². The highest BCUT2D eigenvalue weighted by atomic mass is 32.2.